The van der Waals surface area contributed by atoms with Crippen molar-refractivity contribution in [3.05, 3.63) is 96.3 Å². The predicted octanol–water partition coefficient (Wildman–Crippen LogP) is 9.16. The number of benzene rings is 3. The highest BCUT2D eigenvalue weighted by Gasteiger charge is 2.16. The maximum Gasteiger partial charge on any atom is 0.0974 e. The summed E-state index contributed by atoms with van der Waals surface area (Å²) in [5, 5.41) is 4.88. The number of aryl methyl sites for hydroxylation is 2. The van der Waals surface area contributed by atoms with E-state index in [1.165, 1.54) is 41.1 Å². The van der Waals surface area contributed by atoms with Crippen LogP contribution in [0.5, 0.6) is 0 Å². The lowest BCUT2D eigenvalue weighted by molar-refractivity contribution is 1.23. The Morgan fingerprint density at radius 3 is 1.41 bits per heavy atom. The van der Waals surface area contributed by atoms with Crippen LogP contribution in [0, 0.1) is 13.8 Å². The fourth-order valence-electron chi connectivity index (χ4n) is 4.87. The van der Waals surface area contributed by atoms with E-state index in [1.54, 1.807) is 0 Å². The van der Waals surface area contributed by atoms with Gasteiger partial charge in [0.25, 0.3) is 0 Å². The molecule has 0 bridgehead atoms. The van der Waals surface area contributed by atoms with Crippen molar-refractivity contribution in [2.75, 3.05) is 0 Å². The minimum Gasteiger partial charge on any atom is -0.251 e. The molecule has 0 unspecified atom stereocenters. The molecule has 0 aliphatic heterocycles. The zero-order chi connectivity index (χ0) is 22.8. The molecule has 4 heteroatoms. The normalized spacial score (nSPS) is 11.8. The van der Waals surface area contributed by atoms with E-state index < -0.39 is 0 Å². The molecule has 0 aliphatic carbocycles. The van der Waals surface area contributed by atoms with Gasteiger partial charge in [-0.15, -0.1) is 22.7 Å². The molecule has 7 rings (SSSR count). The number of fused-ring (bicyclic) bond motifs is 5. The van der Waals surface area contributed by atoms with E-state index in [4.69, 9.17) is 9.97 Å². The third-order valence-electron chi connectivity index (χ3n) is 6.40. The van der Waals surface area contributed by atoms with Gasteiger partial charge in [0.2, 0.25) is 0 Å². The Balaban J connectivity index is 1.52. The van der Waals surface area contributed by atoms with Crippen molar-refractivity contribution < 1.29 is 0 Å². The van der Waals surface area contributed by atoms with E-state index >= 15 is 0 Å². The van der Waals surface area contributed by atoms with Crippen molar-refractivity contribution in [1.29, 1.82) is 0 Å². The van der Waals surface area contributed by atoms with Crippen molar-refractivity contribution >= 4 is 64.7 Å². The van der Waals surface area contributed by atoms with E-state index in [2.05, 4.69) is 98.8 Å². The van der Waals surface area contributed by atoms with Gasteiger partial charge in [0.05, 0.1) is 11.0 Å². The molecule has 4 aromatic heterocycles. The first kappa shape index (κ1) is 19.8. The van der Waals surface area contributed by atoms with Crippen molar-refractivity contribution in [2.45, 2.75) is 13.8 Å². The topological polar surface area (TPSA) is 25.8 Å². The number of rotatable bonds is 2. The van der Waals surface area contributed by atoms with E-state index in [-0.39, 0.29) is 0 Å². The molecule has 7 aromatic rings. The molecule has 3 aromatic carbocycles. The summed E-state index contributed by atoms with van der Waals surface area (Å²) < 4.78 is 2.61. The van der Waals surface area contributed by atoms with Crippen molar-refractivity contribution in [2.24, 2.45) is 0 Å². The van der Waals surface area contributed by atoms with Gasteiger partial charge in [-0.1, -0.05) is 48.5 Å². The van der Waals surface area contributed by atoms with Gasteiger partial charge in [-0.25, -0.2) is 0 Å². The Morgan fingerprint density at radius 2 is 0.971 bits per heavy atom. The van der Waals surface area contributed by atoms with Crippen LogP contribution >= 0.6 is 22.7 Å². The van der Waals surface area contributed by atoms with Crippen LogP contribution in [0.15, 0.2) is 84.9 Å². The summed E-state index contributed by atoms with van der Waals surface area (Å²) in [4.78, 5) is 12.6. The minimum absolute atomic E-state index is 0.982. The molecular weight excluding hydrogens is 452 g/mol. The largest absolute Gasteiger partial charge is 0.251 e. The molecule has 0 spiro atoms. The molecule has 162 valence electrons. The molecule has 0 radical (unpaired) electrons. The zero-order valence-electron chi connectivity index (χ0n) is 18.8. The van der Waals surface area contributed by atoms with E-state index in [0.29, 0.717) is 0 Å². The molecule has 4 heterocycles. The third kappa shape index (κ3) is 3.07. The van der Waals surface area contributed by atoms with Crippen LogP contribution in [-0.4, -0.2) is 9.97 Å². The lowest BCUT2D eigenvalue weighted by atomic mass is 10.00. The fourth-order valence-corrected chi connectivity index (χ4v) is 7.05. The van der Waals surface area contributed by atoms with Gasteiger partial charge < -0.3 is 0 Å². The SMILES string of the molecule is Cc1cc(-c2cc3ccccc3s2)c2ccc3c(-c4cc5ccccc5s4)cc(C)nc3c2n1. The summed E-state index contributed by atoms with van der Waals surface area (Å²) >= 11 is 3.68. The zero-order valence-corrected chi connectivity index (χ0v) is 20.4. The average Bonchev–Trinajstić information content (AvgIpc) is 3.47. The summed E-state index contributed by atoms with van der Waals surface area (Å²) in [7, 11) is 0. The summed E-state index contributed by atoms with van der Waals surface area (Å²) in [6.45, 7) is 4.16. The molecule has 0 saturated heterocycles. The van der Waals surface area contributed by atoms with Gasteiger partial charge in [0.15, 0.2) is 0 Å². The highest BCUT2D eigenvalue weighted by molar-refractivity contribution is 7.22. The first-order chi connectivity index (χ1) is 16.6. The smallest absolute Gasteiger partial charge is 0.0974 e. The maximum atomic E-state index is 5.01. The second-order valence-electron chi connectivity index (χ2n) is 8.78. The predicted molar refractivity (Wildman–Crippen MR) is 148 cm³/mol. The van der Waals surface area contributed by atoms with Crippen LogP contribution in [-0.2, 0) is 0 Å². The highest BCUT2D eigenvalue weighted by atomic mass is 32.1. The van der Waals surface area contributed by atoms with Gasteiger partial charge in [0.1, 0.15) is 0 Å². The van der Waals surface area contributed by atoms with Gasteiger partial charge in [-0.05, 0) is 61.0 Å². The summed E-state index contributed by atoms with van der Waals surface area (Å²) in [6, 6.07) is 30.6. The third-order valence-corrected chi connectivity index (χ3v) is 8.70. The number of aromatic nitrogens is 2. The van der Waals surface area contributed by atoms with Crippen LogP contribution in [0.4, 0.5) is 0 Å². The Hall–Kier alpha value is -3.60. The Morgan fingerprint density at radius 1 is 0.529 bits per heavy atom. The fraction of sp³-hybridized carbons (Fsp3) is 0.0667. The van der Waals surface area contributed by atoms with E-state index in [1.807, 2.05) is 22.7 Å². The average molecular weight is 473 g/mol. The molecule has 0 atom stereocenters. The molecule has 0 fully saturated rings. The molecule has 34 heavy (non-hydrogen) atoms. The molecule has 0 aliphatic rings. The molecule has 0 saturated carbocycles. The first-order valence-electron chi connectivity index (χ1n) is 11.3. The second kappa shape index (κ2) is 7.45. The van der Waals surface area contributed by atoms with E-state index in [9.17, 15) is 0 Å². The van der Waals surface area contributed by atoms with Crippen LogP contribution in [0.1, 0.15) is 11.4 Å². The molecule has 0 N–H and O–H groups in total. The summed E-state index contributed by atoms with van der Waals surface area (Å²) in [6.07, 6.45) is 0. The summed E-state index contributed by atoms with van der Waals surface area (Å²) in [5.74, 6) is 0. The quantitative estimate of drug-likeness (QED) is 0.234. The van der Waals surface area contributed by atoms with Gasteiger partial charge >= 0.3 is 0 Å². The van der Waals surface area contributed by atoms with Gasteiger partial charge in [-0.3, -0.25) is 9.97 Å². The molecular formula is C30H20N2S2. The van der Waals surface area contributed by atoms with Crippen LogP contribution < -0.4 is 0 Å². The number of nitrogens with zero attached hydrogens (tertiary/aromatic N) is 2. The Bertz CT molecular complexity index is 1690. The number of pyridine rings is 2. The standard InChI is InChI=1S/C30H20N2S2/c1-17-13-23(27-15-19-7-3-5-9-25(19)33-27)21-11-12-22-24(14-18(2)32-30(22)29(21)31-17)28-16-20-8-4-6-10-26(20)34-28/h3-16H,1-2H3. The van der Waals surface area contributed by atoms with Gasteiger partial charge in [-0.2, -0.15) is 0 Å². The highest BCUT2D eigenvalue weighted by Crippen LogP contribution is 2.42. The molecule has 0 amide bonds. The lowest BCUT2D eigenvalue weighted by Crippen LogP contribution is -1.93. The monoisotopic (exact) mass is 472 g/mol. The Labute approximate surface area is 205 Å². The second-order valence-corrected chi connectivity index (χ2v) is 10.9. The minimum atomic E-state index is 0.982. The Kier molecular flexibility index (Phi) is 4.35. The lowest BCUT2D eigenvalue weighted by Gasteiger charge is -2.12. The van der Waals surface area contributed by atoms with E-state index in [0.717, 1.165) is 33.2 Å². The number of hydrogen-bond donors (Lipinski definition) is 0. The van der Waals surface area contributed by atoms with Crippen LogP contribution in [0.25, 0.3) is 62.9 Å². The van der Waals surface area contributed by atoms with Crippen molar-refractivity contribution in [1.82, 2.24) is 9.97 Å². The molecule has 2 nitrogen and oxygen atoms in total. The van der Waals surface area contributed by atoms with Crippen LogP contribution in [0.3, 0.4) is 0 Å². The summed E-state index contributed by atoms with van der Waals surface area (Å²) in [5.41, 5.74) is 6.46. The van der Waals surface area contributed by atoms with Crippen molar-refractivity contribution in [3.8, 4) is 20.9 Å². The first-order valence-corrected chi connectivity index (χ1v) is 13.0. The number of hydrogen-bond acceptors (Lipinski definition) is 4. The maximum absolute atomic E-state index is 5.01. The van der Waals surface area contributed by atoms with Gasteiger partial charge in [0, 0.05) is 52.4 Å². The van der Waals surface area contributed by atoms with Crippen LogP contribution in [0.2, 0.25) is 0 Å². The van der Waals surface area contributed by atoms with Crippen molar-refractivity contribution in [3.63, 3.8) is 0 Å². The number of thiophene rings is 2.